The van der Waals surface area contributed by atoms with Gasteiger partial charge in [0.15, 0.2) is 6.10 Å². The molecule has 1 heterocycles. The summed E-state index contributed by atoms with van der Waals surface area (Å²) in [4.78, 5) is 47.3. The van der Waals surface area contributed by atoms with Crippen LogP contribution >= 0.6 is 0 Å². The molecular formula is C16H19N3O7. The van der Waals surface area contributed by atoms with Crippen LogP contribution in [0.25, 0.3) is 0 Å². The van der Waals surface area contributed by atoms with Gasteiger partial charge in [0.05, 0.1) is 18.1 Å². The van der Waals surface area contributed by atoms with E-state index in [2.05, 4.69) is 5.32 Å². The first kappa shape index (κ1) is 19.2. The van der Waals surface area contributed by atoms with Gasteiger partial charge in [-0.05, 0) is 25.5 Å². The Kier molecular flexibility index (Phi) is 6.10. The summed E-state index contributed by atoms with van der Waals surface area (Å²) in [6.45, 7) is 1.60. The van der Waals surface area contributed by atoms with Gasteiger partial charge in [-0.2, -0.15) is 0 Å². The summed E-state index contributed by atoms with van der Waals surface area (Å²) < 4.78 is 9.92. The molecule has 10 heteroatoms. The summed E-state index contributed by atoms with van der Waals surface area (Å²) in [6, 6.07) is 3.95. The predicted octanol–water partition coefficient (Wildman–Crippen LogP) is 1.10. The van der Waals surface area contributed by atoms with Crippen molar-refractivity contribution in [2.24, 2.45) is 0 Å². The summed E-state index contributed by atoms with van der Waals surface area (Å²) in [7, 11) is 1.37. The third kappa shape index (κ3) is 4.68. The first-order valence-electron chi connectivity index (χ1n) is 7.92. The van der Waals surface area contributed by atoms with Crippen molar-refractivity contribution in [1.82, 2.24) is 4.90 Å². The summed E-state index contributed by atoms with van der Waals surface area (Å²) in [5, 5.41) is 13.5. The molecule has 1 aromatic carbocycles. The molecule has 1 fully saturated rings. The second-order valence-corrected chi connectivity index (χ2v) is 5.68. The molecule has 26 heavy (non-hydrogen) atoms. The van der Waals surface area contributed by atoms with Crippen LogP contribution in [0.15, 0.2) is 18.2 Å². The van der Waals surface area contributed by atoms with Crippen LogP contribution in [0.4, 0.5) is 11.4 Å². The highest BCUT2D eigenvalue weighted by Crippen LogP contribution is 2.29. The third-order valence-electron chi connectivity index (χ3n) is 3.83. The molecule has 1 saturated heterocycles. The van der Waals surface area contributed by atoms with E-state index in [0.717, 1.165) is 0 Å². The van der Waals surface area contributed by atoms with Gasteiger partial charge in [0.1, 0.15) is 18.0 Å². The maximum atomic E-state index is 12.2. The van der Waals surface area contributed by atoms with Gasteiger partial charge < -0.3 is 19.7 Å². The molecule has 1 aromatic rings. The Morgan fingerprint density at radius 3 is 2.73 bits per heavy atom. The Balaban J connectivity index is 1.97. The molecule has 0 bridgehead atoms. The fourth-order valence-corrected chi connectivity index (χ4v) is 2.44. The number of methoxy groups -OCH3 is 1. The van der Waals surface area contributed by atoms with Crippen LogP contribution in [-0.4, -0.2) is 53.9 Å². The number of esters is 1. The Bertz CT molecular complexity index is 735. The number of nitro benzene ring substituents is 1. The predicted molar refractivity (Wildman–Crippen MR) is 89.6 cm³/mol. The van der Waals surface area contributed by atoms with E-state index in [9.17, 15) is 24.5 Å². The number of amides is 2. The minimum Gasteiger partial charge on any atom is -0.496 e. The number of nitro groups is 1. The van der Waals surface area contributed by atoms with Crippen molar-refractivity contribution in [3.8, 4) is 5.75 Å². The van der Waals surface area contributed by atoms with Gasteiger partial charge in [-0.1, -0.05) is 0 Å². The number of carbonyl (C=O) groups is 3. The summed E-state index contributed by atoms with van der Waals surface area (Å²) in [6.07, 6.45) is -0.102. The van der Waals surface area contributed by atoms with Crippen molar-refractivity contribution in [3.63, 3.8) is 0 Å². The lowest BCUT2D eigenvalue weighted by Crippen LogP contribution is -2.36. The number of nitrogens with zero attached hydrogens (tertiary/aromatic N) is 2. The number of rotatable bonds is 7. The van der Waals surface area contributed by atoms with E-state index in [1.807, 2.05) is 0 Å². The average molecular weight is 365 g/mol. The van der Waals surface area contributed by atoms with Crippen LogP contribution in [-0.2, 0) is 19.1 Å². The fourth-order valence-electron chi connectivity index (χ4n) is 2.44. The Morgan fingerprint density at radius 1 is 1.42 bits per heavy atom. The molecule has 0 aliphatic carbocycles. The summed E-state index contributed by atoms with van der Waals surface area (Å²) in [5.41, 5.74) is -0.391. The topological polar surface area (TPSA) is 128 Å². The molecular weight excluding hydrogens is 346 g/mol. The van der Waals surface area contributed by atoms with Crippen molar-refractivity contribution in [2.45, 2.75) is 25.9 Å². The number of benzene rings is 1. The molecule has 1 aliphatic heterocycles. The largest absolute Gasteiger partial charge is 0.496 e. The molecule has 2 rings (SSSR count). The van der Waals surface area contributed by atoms with E-state index in [4.69, 9.17) is 9.47 Å². The number of anilines is 1. The molecule has 0 radical (unpaired) electrons. The standard InChI is InChI=1S/C16H19N3O7/c1-10(26-15(21)9-18-7-3-4-14(18)20)16(22)17-12-6-5-11(25-2)8-13(12)19(23)24/h5-6,8,10H,3-4,7,9H2,1-2H3,(H,17,22)/t10-/m1/s1. The Labute approximate surface area is 149 Å². The maximum Gasteiger partial charge on any atom is 0.326 e. The molecule has 0 saturated carbocycles. The van der Waals surface area contributed by atoms with E-state index in [-0.39, 0.29) is 29.6 Å². The molecule has 140 valence electrons. The van der Waals surface area contributed by atoms with Gasteiger partial charge >= 0.3 is 5.97 Å². The Hall–Kier alpha value is -3.17. The van der Waals surface area contributed by atoms with Crippen LogP contribution in [0.5, 0.6) is 5.75 Å². The number of carbonyl (C=O) groups excluding carboxylic acids is 3. The monoisotopic (exact) mass is 365 g/mol. The van der Waals surface area contributed by atoms with Gasteiger partial charge in [-0.3, -0.25) is 24.5 Å². The minimum absolute atomic E-state index is 0.0431. The minimum atomic E-state index is -1.18. The van der Waals surface area contributed by atoms with Crippen LogP contribution in [0.3, 0.4) is 0 Å². The van der Waals surface area contributed by atoms with Gasteiger partial charge in [0.2, 0.25) is 5.91 Å². The third-order valence-corrected chi connectivity index (χ3v) is 3.83. The molecule has 0 spiro atoms. The van der Waals surface area contributed by atoms with Gasteiger partial charge in [-0.15, -0.1) is 0 Å². The molecule has 1 atom stereocenters. The molecule has 0 unspecified atom stereocenters. The van der Waals surface area contributed by atoms with E-state index in [1.54, 1.807) is 0 Å². The zero-order valence-electron chi connectivity index (χ0n) is 14.4. The first-order chi connectivity index (χ1) is 12.3. The van der Waals surface area contributed by atoms with E-state index in [0.29, 0.717) is 19.4 Å². The fraction of sp³-hybridized carbons (Fsp3) is 0.438. The normalized spacial score (nSPS) is 14.7. The number of hydrogen-bond donors (Lipinski definition) is 1. The molecule has 0 aromatic heterocycles. The van der Waals surface area contributed by atoms with Crippen LogP contribution in [0, 0.1) is 10.1 Å². The first-order valence-corrected chi connectivity index (χ1v) is 7.92. The van der Waals surface area contributed by atoms with Crippen molar-refractivity contribution in [1.29, 1.82) is 0 Å². The number of ether oxygens (including phenoxy) is 2. The summed E-state index contributed by atoms with van der Waals surface area (Å²) in [5.74, 6) is -1.30. The van der Waals surface area contributed by atoms with Gasteiger partial charge in [-0.25, -0.2) is 0 Å². The number of likely N-dealkylation sites (tertiary alicyclic amines) is 1. The lowest BCUT2D eigenvalue weighted by atomic mass is 10.2. The van der Waals surface area contributed by atoms with Crippen LogP contribution in [0.2, 0.25) is 0 Å². The zero-order chi connectivity index (χ0) is 19.3. The van der Waals surface area contributed by atoms with E-state index < -0.39 is 22.9 Å². The van der Waals surface area contributed by atoms with Crippen molar-refractivity contribution >= 4 is 29.2 Å². The van der Waals surface area contributed by atoms with E-state index in [1.165, 1.54) is 37.1 Å². The lowest BCUT2D eigenvalue weighted by Gasteiger charge is -2.17. The highest BCUT2D eigenvalue weighted by molar-refractivity contribution is 5.97. The molecule has 2 amide bonds. The summed E-state index contributed by atoms with van der Waals surface area (Å²) >= 11 is 0. The Morgan fingerprint density at radius 2 is 2.15 bits per heavy atom. The second-order valence-electron chi connectivity index (χ2n) is 5.68. The average Bonchev–Trinajstić information content (AvgIpc) is 2.99. The quantitative estimate of drug-likeness (QED) is 0.435. The zero-order valence-corrected chi connectivity index (χ0v) is 14.4. The number of hydrogen-bond acceptors (Lipinski definition) is 7. The van der Waals surface area contributed by atoms with Crippen molar-refractivity contribution < 1.29 is 28.8 Å². The smallest absolute Gasteiger partial charge is 0.326 e. The lowest BCUT2D eigenvalue weighted by molar-refractivity contribution is -0.384. The highest BCUT2D eigenvalue weighted by Gasteiger charge is 2.26. The van der Waals surface area contributed by atoms with Gasteiger partial charge in [0.25, 0.3) is 11.6 Å². The van der Waals surface area contributed by atoms with Crippen LogP contribution in [0.1, 0.15) is 19.8 Å². The van der Waals surface area contributed by atoms with E-state index >= 15 is 0 Å². The van der Waals surface area contributed by atoms with Crippen molar-refractivity contribution in [3.05, 3.63) is 28.3 Å². The maximum absolute atomic E-state index is 12.2. The number of nitrogens with one attached hydrogen (secondary N) is 1. The highest BCUT2D eigenvalue weighted by atomic mass is 16.6. The van der Waals surface area contributed by atoms with Crippen molar-refractivity contribution in [2.75, 3.05) is 25.5 Å². The molecule has 1 N–H and O–H groups in total. The molecule has 10 nitrogen and oxygen atoms in total. The second kappa shape index (κ2) is 8.28. The van der Waals surface area contributed by atoms with Gasteiger partial charge in [0, 0.05) is 13.0 Å². The molecule has 1 aliphatic rings. The van der Waals surface area contributed by atoms with Crippen LogP contribution < -0.4 is 10.1 Å². The SMILES string of the molecule is COc1ccc(NC(=O)[C@@H](C)OC(=O)CN2CCCC2=O)c([N+](=O)[O-])c1.